The first-order valence-corrected chi connectivity index (χ1v) is 18.1. The lowest BCUT2D eigenvalue weighted by Crippen LogP contribution is -2.50. The number of likely N-dealkylation sites (tertiary alicyclic amines) is 1. The van der Waals surface area contributed by atoms with Crippen molar-refractivity contribution in [3.63, 3.8) is 0 Å². The van der Waals surface area contributed by atoms with E-state index in [4.69, 9.17) is 9.97 Å². The zero-order chi connectivity index (χ0) is 37.3. The average molecular weight is 707 g/mol. The van der Waals surface area contributed by atoms with Crippen LogP contribution in [-0.4, -0.2) is 87.5 Å². The summed E-state index contributed by atoms with van der Waals surface area (Å²) in [6.45, 7) is 10.5. The largest absolute Gasteiger partial charge is 0.453 e. The lowest BCUT2D eigenvalue weighted by Gasteiger charge is -2.33. The predicted molar refractivity (Wildman–Crippen MR) is 203 cm³/mol. The molecule has 0 saturated carbocycles. The van der Waals surface area contributed by atoms with Crippen LogP contribution in [-0.2, 0) is 14.3 Å². The number of ether oxygens (including phenoxy) is 1. The molecule has 1 aliphatic rings. The van der Waals surface area contributed by atoms with Crippen molar-refractivity contribution in [1.82, 2.24) is 40.4 Å². The molecule has 4 N–H and O–H groups in total. The summed E-state index contributed by atoms with van der Waals surface area (Å²) >= 11 is 0. The SMILES string of the molecule is COC(=O)N[C@H](C(=O)N[C@@H](C)c1nc2ccc(-c3ccc(-c4ccc5nc([C@@H]6CCCN6C(=O)[C@@H](C(C)C)N(C)C)[nH]c5c4)cc3)cc2[nH]1)C(C)C. The molecule has 4 atom stereocenters. The highest BCUT2D eigenvalue weighted by Crippen LogP contribution is 2.34. The van der Waals surface area contributed by atoms with Gasteiger partial charge in [0.2, 0.25) is 11.8 Å². The van der Waals surface area contributed by atoms with Gasteiger partial charge in [-0.25, -0.2) is 14.8 Å². The Morgan fingerprint density at radius 2 is 1.38 bits per heavy atom. The number of aromatic nitrogens is 4. The van der Waals surface area contributed by atoms with E-state index in [1.807, 2.05) is 62.9 Å². The number of H-pyrrole nitrogens is 2. The van der Waals surface area contributed by atoms with E-state index in [0.717, 1.165) is 69.5 Å². The summed E-state index contributed by atoms with van der Waals surface area (Å²) < 4.78 is 4.68. The third-order valence-electron chi connectivity index (χ3n) is 10.0. The maximum absolute atomic E-state index is 13.6. The number of benzene rings is 3. The Morgan fingerprint density at radius 1 is 0.808 bits per heavy atom. The van der Waals surface area contributed by atoms with Gasteiger partial charge < -0.3 is 30.2 Å². The highest BCUT2D eigenvalue weighted by molar-refractivity contribution is 5.87. The molecule has 52 heavy (non-hydrogen) atoms. The Kier molecular flexibility index (Phi) is 10.7. The van der Waals surface area contributed by atoms with Crippen molar-refractivity contribution in [3.05, 3.63) is 72.3 Å². The number of carbonyl (C=O) groups excluding carboxylic acids is 3. The predicted octanol–water partition coefficient (Wildman–Crippen LogP) is 6.58. The van der Waals surface area contributed by atoms with E-state index in [2.05, 4.69) is 81.7 Å². The second-order valence-corrected chi connectivity index (χ2v) is 14.7. The third kappa shape index (κ3) is 7.52. The molecule has 0 aliphatic carbocycles. The summed E-state index contributed by atoms with van der Waals surface area (Å²) in [5.41, 5.74) is 7.75. The van der Waals surface area contributed by atoms with Crippen LogP contribution in [0.5, 0.6) is 0 Å². The summed E-state index contributed by atoms with van der Waals surface area (Å²) in [6, 6.07) is 19.4. The van der Waals surface area contributed by atoms with Gasteiger partial charge in [0, 0.05) is 6.54 Å². The molecule has 12 nitrogen and oxygen atoms in total. The first-order chi connectivity index (χ1) is 24.8. The lowest BCUT2D eigenvalue weighted by molar-refractivity contribution is -0.138. The Labute approximate surface area is 304 Å². The number of fused-ring (bicyclic) bond motifs is 2. The van der Waals surface area contributed by atoms with E-state index >= 15 is 0 Å². The maximum Gasteiger partial charge on any atom is 0.407 e. The molecule has 6 rings (SSSR count). The van der Waals surface area contributed by atoms with Crippen LogP contribution < -0.4 is 10.6 Å². The van der Waals surface area contributed by atoms with Crippen molar-refractivity contribution in [1.29, 1.82) is 0 Å². The molecular formula is C40H50N8O4. The van der Waals surface area contributed by atoms with Gasteiger partial charge in [0.15, 0.2) is 0 Å². The molecule has 3 aromatic carbocycles. The van der Waals surface area contributed by atoms with Gasteiger partial charge in [0.25, 0.3) is 0 Å². The first kappa shape index (κ1) is 36.6. The number of nitrogens with one attached hydrogen (secondary N) is 4. The highest BCUT2D eigenvalue weighted by atomic mass is 16.5. The molecule has 3 heterocycles. The molecule has 12 heteroatoms. The average Bonchev–Trinajstić information content (AvgIpc) is 3.87. The van der Waals surface area contributed by atoms with Crippen molar-refractivity contribution < 1.29 is 19.1 Å². The molecule has 274 valence electrons. The van der Waals surface area contributed by atoms with E-state index in [1.165, 1.54) is 7.11 Å². The van der Waals surface area contributed by atoms with E-state index < -0.39 is 18.2 Å². The Morgan fingerprint density at radius 3 is 1.94 bits per heavy atom. The van der Waals surface area contributed by atoms with Gasteiger partial charge in [-0.1, -0.05) is 64.1 Å². The van der Waals surface area contributed by atoms with Crippen LogP contribution in [0.1, 0.15) is 71.2 Å². The number of amides is 3. The van der Waals surface area contributed by atoms with E-state index in [-0.39, 0.29) is 35.7 Å². The molecular weight excluding hydrogens is 656 g/mol. The summed E-state index contributed by atoms with van der Waals surface area (Å²) in [5, 5.41) is 5.55. The highest BCUT2D eigenvalue weighted by Gasteiger charge is 2.37. The molecule has 2 aromatic heterocycles. The first-order valence-electron chi connectivity index (χ1n) is 18.1. The van der Waals surface area contributed by atoms with Crippen LogP contribution in [0.15, 0.2) is 60.7 Å². The third-order valence-corrected chi connectivity index (χ3v) is 10.0. The second kappa shape index (κ2) is 15.2. The van der Waals surface area contributed by atoms with Gasteiger partial charge in [-0.2, -0.15) is 0 Å². The molecule has 1 saturated heterocycles. The van der Waals surface area contributed by atoms with Crippen LogP contribution in [0, 0.1) is 11.8 Å². The van der Waals surface area contributed by atoms with Gasteiger partial charge in [0.1, 0.15) is 17.7 Å². The smallest absolute Gasteiger partial charge is 0.407 e. The van der Waals surface area contributed by atoms with Gasteiger partial charge in [0.05, 0.1) is 47.3 Å². The van der Waals surface area contributed by atoms with Crippen molar-refractivity contribution in [2.45, 2.75) is 71.6 Å². The summed E-state index contributed by atoms with van der Waals surface area (Å²) in [5.74, 6) is 1.41. The van der Waals surface area contributed by atoms with E-state index in [9.17, 15) is 14.4 Å². The Balaban J connectivity index is 1.16. The number of imidazole rings is 2. The van der Waals surface area contributed by atoms with Crippen LogP contribution in [0.2, 0.25) is 0 Å². The number of aromatic amines is 2. The van der Waals surface area contributed by atoms with Gasteiger partial charge >= 0.3 is 6.09 Å². The molecule has 1 aliphatic heterocycles. The van der Waals surface area contributed by atoms with Gasteiger partial charge in [-0.3, -0.25) is 14.5 Å². The fourth-order valence-electron chi connectivity index (χ4n) is 7.32. The van der Waals surface area contributed by atoms with Crippen molar-refractivity contribution >= 4 is 40.0 Å². The minimum absolute atomic E-state index is 0.0540. The number of carbonyl (C=O) groups is 3. The summed E-state index contributed by atoms with van der Waals surface area (Å²) in [7, 11) is 5.22. The topological polar surface area (TPSA) is 148 Å². The van der Waals surface area contributed by atoms with Crippen molar-refractivity contribution in [2.24, 2.45) is 11.8 Å². The normalized spacial score (nSPS) is 16.5. The van der Waals surface area contributed by atoms with E-state index in [1.54, 1.807) is 0 Å². The molecule has 5 aromatic rings. The van der Waals surface area contributed by atoms with Crippen molar-refractivity contribution in [3.8, 4) is 22.3 Å². The molecule has 3 amide bonds. The number of likely N-dealkylation sites (N-methyl/N-ethyl adjacent to an activating group) is 1. The number of alkyl carbamates (subject to hydrolysis) is 1. The molecule has 0 radical (unpaired) electrons. The molecule has 1 fully saturated rings. The van der Waals surface area contributed by atoms with Gasteiger partial charge in [-0.05, 0) is 92.2 Å². The number of rotatable bonds is 11. The fourth-order valence-corrected chi connectivity index (χ4v) is 7.32. The second-order valence-electron chi connectivity index (χ2n) is 14.7. The zero-order valence-electron chi connectivity index (χ0n) is 31.3. The van der Waals surface area contributed by atoms with Crippen LogP contribution >= 0.6 is 0 Å². The molecule has 0 bridgehead atoms. The number of nitrogens with zero attached hydrogens (tertiary/aromatic N) is 4. The van der Waals surface area contributed by atoms with Crippen LogP contribution in [0.3, 0.4) is 0 Å². The number of hydrogen-bond acceptors (Lipinski definition) is 7. The lowest BCUT2D eigenvalue weighted by atomic mass is 10.00. The zero-order valence-corrected chi connectivity index (χ0v) is 31.3. The molecule has 0 spiro atoms. The van der Waals surface area contributed by atoms with Crippen molar-refractivity contribution in [2.75, 3.05) is 27.7 Å². The van der Waals surface area contributed by atoms with Crippen LogP contribution in [0.25, 0.3) is 44.3 Å². The summed E-state index contributed by atoms with van der Waals surface area (Å²) in [4.78, 5) is 58.9. The van der Waals surface area contributed by atoms with Crippen LogP contribution in [0.4, 0.5) is 4.79 Å². The monoisotopic (exact) mass is 706 g/mol. The van der Waals surface area contributed by atoms with Gasteiger partial charge in [-0.15, -0.1) is 0 Å². The standard InChI is InChI=1S/C40H50N8O4/c1-22(2)34(46-40(51)52-8)38(49)41-24(5)36-42-29-17-15-27(20-31(29)44-36)25-11-13-26(14-12-25)28-16-18-30-32(21-28)45-37(43-30)33-10-9-19-48(33)39(50)35(23(3)4)47(6)7/h11-18,20-24,33-35H,9-10,19H2,1-8H3,(H,41,49)(H,42,44)(H,43,45)(H,46,51)/t24-,33-,34-,35+/m0/s1. The maximum atomic E-state index is 13.6. The Bertz CT molecular complexity index is 2060. The van der Waals surface area contributed by atoms with E-state index in [0.29, 0.717) is 5.82 Å². The number of methoxy groups -OCH3 is 1. The Hall–Kier alpha value is -5.23. The fraction of sp³-hybridized carbons (Fsp3) is 0.425. The summed E-state index contributed by atoms with van der Waals surface area (Å²) in [6.07, 6.45) is 1.21. The quantitative estimate of drug-likeness (QED) is 0.121. The minimum atomic E-state index is -0.738. The minimum Gasteiger partial charge on any atom is -0.453 e. The number of hydrogen-bond donors (Lipinski definition) is 4. The molecule has 0 unspecified atom stereocenters.